The number of pyridine rings is 1. The number of anilines is 1. The van der Waals surface area contributed by atoms with E-state index in [1.54, 1.807) is 0 Å². The first kappa shape index (κ1) is 23.5. The third-order valence-electron chi connectivity index (χ3n) is 5.76. The molecule has 13 heteroatoms. The summed E-state index contributed by atoms with van der Waals surface area (Å²) in [6.07, 6.45) is -1.92. The second-order valence-electron chi connectivity index (χ2n) is 8.00. The molecule has 180 valence electrons. The predicted molar refractivity (Wildman–Crippen MR) is 105 cm³/mol. The first-order valence-electron chi connectivity index (χ1n) is 9.93. The highest BCUT2D eigenvalue weighted by molar-refractivity contribution is 5.94. The molecule has 1 amide bonds. The molecule has 0 spiro atoms. The van der Waals surface area contributed by atoms with Gasteiger partial charge in [0, 0.05) is 23.8 Å². The number of allylic oxidation sites excluding steroid dienone is 4. The number of amides is 1. The van der Waals surface area contributed by atoms with Gasteiger partial charge in [-0.1, -0.05) is 0 Å². The molecule has 1 unspecified atom stereocenters. The summed E-state index contributed by atoms with van der Waals surface area (Å²) in [4.78, 5) is 32.6. The van der Waals surface area contributed by atoms with Crippen molar-refractivity contribution in [1.82, 2.24) is 15.0 Å². The highest BCUT2D eigenvalue weighted by Crippen LogP contribution is 2.61. The van der Waals surface area contributed by atoms with E-state index in [0.717, 1.165) is 18.3 Å². The van der Waals surface area contributed by atoms with Crippen LogP contribution in [0.5, 0.6) is 5.75 Å². The molecule has 0 radical (unpaired) electrons. The number of carbonyl (C=O) groups is 1. The first-order chi connectivity index (χ1) is 16.0. The zero-order valence-electron chi connectivity index (χ0n) is 17.1. The quantitative estimate of drug-likeness (QED) is 0.600. The number of aromatic nitrogens is 3. The number of alkyl halides is 3. The van der Waals surface area contributed by atoms with Gasteiger partial charge in [-0.3, -0.25) is 4.79 Å². The molecule has 0 aromatic carbocycles. The van der Waals surface area contributed by atoms with E-state index in [-0.39, 0.29) is 18.7 Å². The largest absolute Gasteiger partial charge is 0.489 e. The van der Waals surface area contributed by atoms with E-state index in [1.807, 2.05) is 4.98 Å². The molecule has 1 saturated carbocycles. The van der Waals surface area contributed by atoms with E-state index in [0.29, 0.717) is 12.3 Å². The van der Waals surface area contributed by atoms with Crippen LogP contribution < -0.4 is 15.7 Å². The van der Waals surface area contributed by atoms with E-state index in [4.69, 9.17) is 4.74 Å². The third kappa shape index (κ3) is 4.82. The van der Waals surface area contributed by atoms with Gasteiger partial charge in [-0.05, 0) is 30.5 Å². The van der Waals surface area contributed by atoms with Crippen LogP contribution in [0.15, 0.2) is 53.1 Å². The standard InChI is InChI=1S/C21H16F6N4O3/c22-11-1-2-16(28-7-11)30-18(32)14-6-20(14,10-3-12(23)5-13(24)4-10)9-34-15-8-29-19(33)31-17(15)21(25,26)27/h1-3,5,7-8,10,14H,4,6,9H2,(H,28,30,32)(H,29,31,33)/t10?,14-,20+/m0/s1. The number of rotatable bonds is 6. The molecule has 34 heavy (non-hydrogen) atoms. The highest BCUT2D eigenvalue weighted by atomic mass is 19.4. The van der Waals surface area contributed by atoms with Crippen molar-refractivity contribution in [3.8, 4) is 5.75 Å². The fourth-order valence-electron chi connectivity index (χ4n) is 4.01. The number of aromatic amines is 1. The molecule has 2 aliphatic rings. The average Bonchev–Trinajstić information content (AvgIpc) is 3.49. The number of nitrogens with one attached hydrogen (secondary N) is 2. The number of carbonyl (C=O) groups excluding carboxylic acids is 1. The molecular weight excluding hydrogens is 470 g/mol. The van der Waals surface area contributed by atoms with Gasteiger partial charge in [-0.15, -0.1) is 0 Å². The van der Waals surface area contributed by atoms with E-state index >= 15 is 0 Å². The molecular formula is C21H16F6N4O3. The molecule has 2 heterocycles. The van der Waals surface area contributed by atoms with Gasteiger partial charge < -0.3 is 15.0 Å². The predicted octanol–water partition coefficient (Wildman–Crippen LogP) is 4.07. The van der Waals surface area contributed by atoms with Crippen LogP contribution in [0.3, 0.4) is 0 Å². The molecule has 2 aliphatic carbocycles. The van der Waals surface area contributed by atoms with E-state index in [2.05, 4.69) is 15.3 Å². The summed E-state index contributed by atoms with van der Waals surface area (Å²) >= 11 is 0. The maximum absolute atomic E-state index is 14.0. The molecule has 7 nitrogen and oxygen atoms in total. The second kappa shape index (κ2) is 8.61. The van der Waals surface area contributed by atoms with Crippen molar-refractivity contribution in [2.75, 3.05) is 11.9 Å². The summed E-state index contributed by atoms with van der Waals surface area (Å²) in [6, 6.07) is 2.27. The summed E-state index contributed by atoms with van der Waals surface area (Å²) in [5.74, 6) is -5.51. The van der Waals surface area contributed by atoms with E-state index < -0.39 is 70.5 Å². The molecule has 0 aliphatic heterocycles. The minimum atomic E-state index is -5.00. The van der Waals surface area contributed by atoms with Crippen molar-refractivity contribution in [3.05, 3.63) is 70.3 Å². The monoisotopic (exact) mass is 486 g/mol. The summed E-state index contributed by atoms with van der Waals surface area (Å²) in [5, 5.41) is 2.45. The lowest BCUT2D eigenvalue weighted by atomic mass is 9.82. The van der Waals surface area contributed by atoms with Crippen molar-refractivity contribution >= 4 is 11.7 Å². The lowest BCUT2D eigenvalue weighted by Crippen LogP contribution is -2.31. The van der Waals surface area contributed by atoms with Crippen LogP contribution >= 0.6 is 0 Å². The highest BCUT2D eigenvalue weighted by Gasteiger charge is 2.63. The van der Waals surface area contributed by atoms with Crippen LogP contribution in [0.4, 0.5) is 32.2 Å². The number of ether oxygens (including phenoxy) is 1. The maximum Gasteiger partial charge on any atom is 0.437 e. The van der Waals surface area contributed by atoms with Gasteiger partial charge in [0.15, 0.2) is 11.4 Å². The minimum absolute atomic E-state index is 0.0220. The summed E-state index contributed by atoms with van der Waals surface area (Å²) in [6.45, 7) is -0.527. The molecule has 4 rings (SSSR count). The lowest BCUT2D eigenvalue weighted by molar-refractivity contribution is -0.143. The van der Waals surface area contributed by atoms with Crippen LogP contribution in [-0.2, 0) is 11.0 Å². The Bertz CT molecular complexity index is 1220. The second-order valence-corrected chi connectivity index (χ2v) is 8.00. The van der Waals surface area contributed by atoms with Gasteiger partial charge in [0.05, 0.1) is 19.0 Å². The first-order valence-corrected chi connectivity index (χ1v) is 9.93. The number of nitrogens with zero attached hydrogens (tertiary/aromatic N) is 2. The Morgan fingerprint density at radius 2 is 2.03 bits per heavy atom. The summed E-state index contributed by atoms with van der Waals surface area (Å²) in [5.41, 5.74) is -4.07. The minimum Gasteiger partial charge on any atom is -0.489 e. The Balaban J connectivity index is 1.59. The van der Waals surface area contributed by atoms with Gasteiger partial charge >= 0.3 is 11.9 Å². The van der Waals surface area contributed by atoms with Crippen molar-refractivity contribution in [2.24, 2.45) is 17.3 Å². The molecule has 0 saturated heterocycles. The van der Waals surface area contributed by atoms with Crippen molar-refractivity contribution in [2.45, 2.75) is 19.0 Å². The molecule has 2 aromatic rings. The molecule has 2 aromatic heterocycles. The average molecular weight is 486 g/mol. The third-order valence-corrected chi connectivity index (χ3v) is 5.76. The molecule has 3 atom stereocenters. The summed E-state index contributed by atoms with van der Waals surface area (Å²) < 4.78 is 86.2. The SMILES string of the molecule is O=C(Nc1ccc(F)cn1)[C@@H]1C[C@@]1(COc1c[nH]c(=O)nc1C(F)(F)F)C1C=C(F)C=C(F)C1. The smallest absolute Gasteiger partial charge is 0.437 e. The van der Waals surface area contributed by atoms with Gasteiger partial charge in [-0.25, -0.2) is 22.9 Å². The molecule has 0 bridgehead atoms. The molecule has 2 N–H and O–H groups in total. The number of halogens is 6. The Kier molecular flexibility index (Phi) is 5.96. The van der Waals surface area contributed by atoms with Gasteiger partial charge in [-0.2, -0.15) is 18.2 Å². The Labute approximate surface area is 187 Å². The van der Waals surface area contributed by atoms with E-state index in [9.17, 15) is 35.9 Å². The van der Waals surface area contributed by atoms with Crippen molar-refractivity contribution in [1.29, 1.82) is 0 Å². The zero-order chi connectivity index (χ0) is 24.7. The van der Waals surface area contributed by atoms with E-state index in [1.165, 1.54) is 6.07 Å². The number of hydrogen-bond donors (Lipinski definition) is 2. The molecule has 1 fully saturated rings. The maximum atomic E-state index is 14.0. The van der Waals surface area contributed by atoms with Crippen molar-refractivity contribution in [3.63, 3.8) is 0 Å². The van der Waals surface area contributed by atoms with Crippen LogP contribution in [0.1, 0.15) is 18.5 Å². The lowest BCUT2D eigenvalue weighted by Gasteiger charge is -2.27. The van der Waals surface area contributed by atoms with Gasteiger partial charge in [0.25, 0.3) is 0 Å². The Morgan fingerprint density at radius 3 is 2.68 bits per heavy atom. The fourth-order valence-corrected chi connectivity index (χ4v) is 4.01. The van der Waals surface area contributed by atoms with Crippen LogP contribution in [-0.4, -0.2) is 27.5 Å². The van der Waals surface area contributed by atoms with Crippen LogP contribution in [0.2, 0.25) is 0 Å². The Morgan fingerprint density at radius 1 is 1.26 bits per heavy atom. The van der Waals surface area contributed by atoms with Crippen LogP contribution in [0, 0.1) is 23.1 Å². The summed E-state index contributed by atoms with van der Waals surface area (Å²) in [7, 11) is 0. The topological polar surface area (TPSA) is 97.0 Å². The fraction of sp³-hybridized carbons (Fsp3) is 0.333. The van der Waals surface area contributed by atoms with Gasteiger partial charge in [0.1, 0.15) is 23.3 Å². The zero-order valence-corrected chi connectivity index (χ0v) is 17.1. The number of H-pyrrole nitrogens is 1. The van der Waals surface area contributed by atoms with Crippen molar-refractivity contribution < 1.29 is 35.9 Å². The van der Waals surface area contributed by atoms with Crippen LogP contribution in [0.25, 0.3) is 0 Å². The Hall–Kier alpha value is -3.64. The number of hydrogen-bond acceptors (Lipinski definition) is 5. The normalized spacial score (nSPS) is 24.2. The van der Waals surface area contributed by atoms with Gasteiger partial charge in [0.2, 0.25) is 5.91 Å².